The molecule has 0 atom stereocenters. The lowest BCUT2D eigenvalue weighted by molar-refractivity contribution is 0.0970. The molecule has 0 radical (unpaired) electrons. The standard InChI is InChI=1S/C16H15NO2/c18-15-8-4-7-14-13(15)9-10-16(19)17(14)11-12-5-2-1-3-6-12/h1-3,5-6,9-10H,4,7-8,11H2. The number of Topliss-reactive ketones (excluding diaryl/α,β-unsaturated/α-hetero) is 1. The van der Waals surface area contributed by atoms with Crippen LogP contribution in [0.1, 0.15) is 34.5 Å². The Morgan fingerprint density at radius 2 is 1.74 bits per heavy atom. The van der Waals surface area contributed by atoms with Crippen LogP contribution in [0.2, 0.25) is 0 Å². The van der Waals surface area contributed by atoms with Crippen molar-refractivity contribution < 1.29 is 4.79 Å². The molecule has 1 aliphatic rings. The van der Waals surface area contributed by atoms with Crippen LogP contribution in [-0.2, 0) is 13.0 Å². The number of ketones is 1. The molecule has 0 amide bonds. The van der Waals surface area contributed by atoms with Crippen LogP contribution in [0.4, 0.5) is 0 Å². The van der Waals surface area contributed by atoms with Crippen molar-refractivity contribution in [1.82, 2.24) is 4.57 Å². The molecule has 1 heterocycles. The zero-order valence-corrected chi connectivity index (χ0v) is 10.6. The number of benzene rings is 1. The quantitative estimate of drug-likeness (QED) is 0.824. The summed E-state index contributed by atoms with van der Waals surface area (Å²) in [7, 11) is 0. The van der Waals surface area contributed by atoms with Gasteiger partial charge in [0.1, 0.15) is 0 Å². The lowest BCUT2D eigenvalue weighted by atomic mass is 9.94. The molecule has 2 aromatic rings. The summed E-state index contributed by atoms with van der Waals surface area (Å²) in [5.41, 5.74) is 2.67. The molecule has 96 valence electrons. The first-order chi connectivity index (χ1) is 9.25. The maximum atomic E-state index is 12.1. The fourth-order valence-corrected chi connectivity index (χ4v) is 2.63. The molecule has 3 rings (SSSR count). The molecule has 1 aromatic carbocycles. The minimum Gasteiger partial charge on any atom is -0.308 e. The lowest BCUT2D eigenvalue weighted by Gasteiger charge is -2.20. The van der Waals surface area contributed by atoms with Gasteiger partial charge in [-0.1, -0.05) is 30.3 Å². The van der Waals surface area contributed by atoms with Gasteiger partial charge in [-0.05, 0) is 24.5 Å². The molecule has 19 heavy (non-hydrogen) atoms. The fourth-order valence-electron chi connectivity index (χ4n) is 2.63. The number of aromatic nitrogens is 1. The molecule has 0 aliphatic heterocycles. The van der Waals surface area contributed by atoms with Gasteiger partial charge >= 0.3 is 0 Å². The summed E-state index contributed by atoms with van der Waals surface area (Å²) >= 11 is 0. The van der Waals surface area contributed by atoms with Crippen molar-refractivity contribution in [2.45, 2.75) is 25.8 Å². The van der Waals surface area contributed by atoms with E-state index in [1.54, 1.807) is 10.6 Å². The molecule has 1 aliphatic carbocycles. The molecule has 0 spiro atoms. The Morgan fingerprint density at radius 3 is 2.53 bits per heavy atom. The van der Waals surface area contributed by atoms with Crippen LogP contribution in [0.25, 0.3) is 0 Å². The zero-order valence-electron chi connectivity index (χ0n) is 10.6. The van der Waals surface area contributed by atoms with E-state index in [1.165, 1.54) is 6.07 Å². The van der Waals surface area contributed by atoms with Gasteiger partial charge < -0.3 is 4.57 Å². The number of pyridine rings is 1. The van der Waals surface area contributed by atoms with E-state index in [2.05, 4.69) is 0 Å². The van der Waals surface area contributed by atoms with Gasteiger partial charge in [-0.2, -0.15) is 0 Å². The summed E-state index contributed by atoms with van der Waals surface area (Å²) in [6.07, 6.45) is 2.24. The lowest BCUT2D eigenvalue weighted by Crippen LogP contribution is -2.28. The largest absolute Gasteiger partial charge is 0.308 e. The highest BCUT2D eigenvalue weighted by Gasteiger charge is 2.20. The smallest absolute Gasteiger partial charge is 0.251 e. The third kappa shape index (κ3) is 2.24. The molecular weight excluding hydrogens is 238 g/mol. The predicted octanol–water partition coefficient (Wildman–Crippen LogP) is 2.42. The summed E-state index contributed by atoms with van der Waals surface area (Å²) < 4.78 is 1.74. The van der Waals surface area contributed by atoms with Crippen molar-refractivity contribution in [3.8, 4) is 0 Å². The predicted molar refractivity (Wildman–Crippen MR) is 73.5 cm³/mol. The molecule has 1 aromatic heterocycles. The molecular formula is C16H15NO2. The first kappa shape index (κ1) is 11.9. The number of nitrogens with zero attached hydrogens (tertiary/aromatic N) is 1. The Bertz CT molecular complexity index is 671. The molecule has 0 bridgehead atoms. The molecule has 3 heteroatoms. The van der Waals surface area contributed by atoms with E-state index in [-0.39, 0.29) is 11.3 Å². The summed E-state index contributed by atoms with van der Waals surface area (Å²) in [5.74, 6) is 0.156. The van der Waals surface area contributed by atoms with E-state index in [4.69, 9.17) is 0 Å². The highest BCUT2D eigenvalue weighted by Crippen LogP contribution is 2.20. The number of carbonyl (C=O) groups excluding carboxylic acids is 1. The van der Waals surface area contributed by atoms with Crippen molar-refractivity contribution in [2.24, 2.45) is 0 Å². The third-order valence-electron chi connectivity index (χ3n) is 3.60. The topological polar surface area (TPSA) is 39.1 Å². The van der Waals surface area contributed by atoms with Crippen LogP contribution in [0, 0.1) is 0 Å². The SMILES string of the molecule is O=C1CCCc2c1ccc(=O)n2Cc1ccccc1. The number of hydrogen-bond acceptors (Lipinski definition) is 2. The molecule has 0 saturated carbocycles. The van der Waals surface area contributed by atoms with Gasteiger partial charge in [-0.15, -0.1) is 0 Å². The highest BCUT2D eigenvalue weighted by atomic mass is 16.1. The van der Waals surface area contributed by atoms with Gasteiger partial charge in [0, 0.05) is 23.7 Å². The normalized spacial score (nSPS) is 14.2. The van der Waals surface area contributed by atoms with Crippen molar-refractivity contribution >= 4 is 5.78 Å². The number of rotatable bonds is 2. The van der Waals surface area contributed by atoms with Crippen LogP contribution < -0.4 is 5.56 Å². The molecule has 0 N–H and O–H groups in total. The molecule has 0 fully saturated rings. The van der Waals surface area contributed by atoms with Gasteiger partial charge in [0.05, 0.1) is 6.54 Å². The highest BCUT2D eigenvalue weighted by molar-refractivity contribution is 5.97. The zero-order chi connectivity index (χ0) is 13.2. The second kappa shape index (κ2) is 4.84. The van der Waals surface area contributed by atoms with Crippen molar-refractivity contribution in [3.05, 3.63) is 69.6 Å². The molecule has 3 nitrogen and oxygen atoms in total. The van der Waals surface area contributed by atoms with Crippen molar-refractivity contribution in [3.63, 3.8) is 0 Å². The van der Waals surface area contributed by atoms with E-state index in [9.17, 15) is 9.59 Å². The molecule has 0 unspecified atom stereocenters. The summed E-state index contributed by atoms with van der Waals surface area (Å²) in [6.45, 7) is 0.538. The van der Waals surface area contributed by atoms with Gasteiger partial charge in [-0.3, -0.25) is 9.59 Å². The van der Waals surface area contributed by atoms with E-state index in [0.717, 1.165) is 29.7 Å². The average Bonchev–Trinajstić information content (AvgIpc) is 2.43. The van der Waals surface area contributed by atoms with E-state index >= 15 is 0 Å². The number of carbonyl (C=O) groups is 1. The first-order valence-electron chi connectivity index (χ1n) is 6.55. The van der Waals surface area contributed by atoms with Gasteiger partial charge in [0.25, 0.3) is 5.56 Å². The fraction of sp³-hybridized carbons (Fsp3) is 0.250. The second-order valence-corrected chi connectivity index (χ2v) is 4.88. The van der Waals surface area contributed by atoms with E-state index < -0.39 is 0 Å². The van der Waals surface area contributed by atoms with Crippen LogP contribution in [0.3, 0.4) is 0 Å². The Morgan fingerprint density at radius 1 is 0.947 bits per heavy atom. The second-order valence-electron chi connectivity index (χ2n) is 4.88. The first-order valence-corrected chi connectivity index (χ1v) is 6.55. The monoisotopic (exact) mass is 253 g/mol. The van der Waals surface area contributed by atoms with E-state index in [0.29, 0.717) is 13.0 Å². The van der Waals surface area contributed by atoms with Crippen LogP contribution in [-0.4, -0.2) is 10.4 Å². The maximum Gasteiger partial charge on any atom is 0.251 e. The third-order valence-corrected chi connectivity index (χ3v) is 3.60. The van der Waals surface area contributed by atoms with Gasteiger partial charge in [0.2, 0.25) is 0 Å². The van der Waals surface area contributed by atoms with Crippen molar-refractivity contribution in [1.29, 1.82) is 0 Å². The van der Waals surface area contributed by atoms with Crippen molar-refractivity contribution in [2.75, 3.05) is 0 Å². The van der Waals surface area contributed by atoms with Gasteiger partial charge in [0.15, 0.2) is 5.78 Å². The maximum absolute atomic E-state index is 12.1. The Labute approximate surface area is 111 Å². The minimum atomic E-state index is -0.0303. The van der Waals surface area contributed by atoms with Crippen LogP contribution >= 0.6 is 0 Å². The van der Waals surface area contributed by atoms with Gasteiger partial charge in [-0.25, -0.2) is 0 Å². The van der Waals surface area contributed by atoms with Crippen LogP contribution in [0.5, 0.6) is 0 Å². The Hall–Kier alpha value is -2.16. The number of hydrogen-bond donors (Lipinski definition) is 0. The minimum absolute atomic E-state index is 0.0303. The molecule has 0 saturated heterocycles. The average molecular weight is 253 g/mol. The van der Waals surface area contributed by atoms with E-state index in [1.807, 2.05) is 30.3 Å². The number of fused-ring (bicyclic) bond motifs is 1. The van der Waals surface area contributed by atoms with Crippen LogP contribution in [0.15, 0.2) is 47.3 Å². The summed E-state index contributed by atoms with van der Waals surface area (Å²) in [4.78, 5) is 23.9. The summed E-state index contributed by atoms with van der Waals surface area (Å²) in [5, 5.41) is 0. The Balaban J connectivity index is 2.08. The summed E-state index contributed by atoms with van der Waals surface area (Å²) in [6, 6.07) is 13.1. The Kier molecular flexibility index (Phi) is 3.03.